The van der Waals surface area contributed by atoms with Gasteiger partial charge in [-0.05, 0) is 6.92 Å². The summed E-state index contributed by atoms with van der Waals surface area (Å²) >= 11 is 6.16. The quantitative estimate of drug-likeness (QED) is 0.862. The van der Waals surface area contributed by atoms with Crippen molar-refractivity contribution in [3.63, 3.8) is 0 Å². The van der Waals surface area contributed by atoms with Crippen LogP contribution < -0.4 is 10.2 Å². The summed E-state index contributed by atoms with van der Waals surface area (Å²) in [4.78, 5) is 11.2. The molecular weight excluding hydrogens is 272 g/mol. The Morgan fingerprint density at radius 1 is 1.10 bits per heavy atom. The van der Waals surface area contributed by atoms with Gasteiger partial charge in [0.05, 0.1) is 0 Å². The molecule has 1 N–H and O–H groups in total. The number of halogens is 1. The van der Waals surface area contributed by atoms with Gasteiger partial charge < -0.3 is 10.2 Å². The number of nitrogens with one attached hydrogen (secondary N) is 1. The van der Waals surface area contributed by atoms with Crippen LogP contribution in [0.5, 0.6) is 0 Å². The van der Waals surface area contributed by atoms with Gasteiger partial charge >= 0.3 is 0 Å². The number of piperazine rings is 1. The molecule has 2 aromatic rings. The normalized spacial score (nSPS) is 15.4. The molecule has 0 amide bonds. The average molecular weight is 289 g/mol. The van der Waals surface area contributed by atoms with Gasteiger partial charge in [0.2, 0.25) is 0 Å². The minimum Gasteiger partial charge on any atom is -0.354 e. The standard InChI is InChI=1S/C15H17ClN4/c1-11-2-4-12(5-3-11)15-18-13(16)10-14(19-15)20-8-6-17-7-9-20/h2-5,10,17H,6-9H2,1H3. The molecule has 1 fully saturated rings. The Morgan fingerprint density at radius 2 is 1.80 bits per heavy atom. The number of nitrogens with zero attached hydrogens (tertiary/aromatic N) is 3. The molecule has 1 saturated heterocycles. The molecule has 5 heteroatoms. The largest absolute Gasteiger partial charge is 0.354 e. The summed E-state index contributed by atoms with van der Waals surface area (Å²) in [6.45, 7) is 5.90. The van der Waals surface area contributed by atoms with Crippen LogP contribution in [-0.2, 0) is 0 Å². The monoisotopic (exact) mass is 288 g/mol. The van der Waals surface area contributed by atoms with Crippen LogP contribution in [0.4, 0.5) is 5.82 Å². The molecule has 4 nitrogen and oxygen atoms in total. The number of anilines is 1. The molecule has 3 rings (SSSR count). The van der Waals surface area contributed by atoms with E-state index in [9.17, 15) is 0 Å². The van der Waals surface area contributed by atoms with Gasteiger partial charge in [-0.2, -0.15) is 0 Å². The van der Waals surface area contributed by atoms with Gasteiger partial charge in [0.25, 0.3) is 0 Å². The van der Waals surface area contributed by atoms with Gasteiger partial charge in [-0.15, -0.1) is 0 Å². The van der Waals surface area contributed by atoms with Crippen molar-refractivity contribution in [2.24, 2.45) is 0 Å². The maximum atomic E-state index is 6.16. The third kappa shape index (κ3) is 2.92. The summed E-state index contributed by atoms with van der Waals surface area (Å²) in [5.41, 5.74) is 2.22. The molecule has 104 valence electrons. The van der Waals surface area contributed by atoms with Gasteiger partial charge in [-0.1, -0.05) is 41.4 Å². The topological polar surface area (TPSA) is 41.1 Å². The van der Waals surface area contributed by atoms with Gasteiger partial charge in [0, 0.05) is 37.8 Å². The van der Waals surface area contributed by atoms with E-state index in [2.05, 4.69) is 39.2 Å². The molecule has 2 heterocycles. The highest BCUT2D eigenvalue weighted by molar-refractivity contribution is 6.29. The molecule has 20 heavy (non-hydrogen) atoms. The Balaban J connectivity index is 1.95. The molecule has 1 aliphatic rings. The molecule has 1 aliphatic heterocycles. The van der Waals surface area contributed by atoms with Crippen molar-refractivity contribution < 1.29 is 0 Å². The number of aromatic nitrogens is 2. The van der Waals surface area contributed by atoms with Gasteiger partial charge in [0.1, 0.15) is 11.0 Å². The first-order valence-electron chi connectivity index (χ1n) is 6.80. The average Bonchev–Trinajstić information content (AvgIpc) is 2.48. The molecule has 1 aromatic carbocycles. The zero-order valence-electron chi connectivity index (χ0n) is 11.4. The van der Waals surface area contributed by atoms with Crippen molar-refractivity contribution >= 4 is 17.4 Å². The summed E-state index contributed by atoms with van der Waals surface area (Å²) < 4.78 is 0. The summed E-state index contributed by atoms with van der Waals surface area (Å²) in [6, 6.07) is 10.0. The third-order valence-electron chi connectivity index (χ3n) is 3.43. The van der Waals surface area contributed by atoms with Crippen molar-refractivity contribution in [3.8, 4) is 11.4 Å². The lowest BCUT2D eigenvalue weighted by molar-refractivity contribution is 0.585. The summed E-state index contributed by atoms with van der Waals surface area (Å²) in [5.74, 6) is 1.59. The highest BCUT2D eigenvalue weighted by atomic mass is 35.5. The first kappa shape index (κ1) is 13.3. The van der Waals surface area contributed by atoms with Crippen LogP contribution in [0, 0.1) is 6.92 Å². The Morgan fingerprint density at radius 3 is 2.50 bits per heavy atom. The maximum absolute atomic E-state index is 6.16. The molecular formula is C15H17ClN4. The van der Waals surface area contributed by atoms with Crippen LogP contribution in [0.3, 0.4) is 0 Å². The molecule has 0 saturated carbocycles. The molecule has 0 atom stereocenters. The molecule has 1 aromatic heterocycles. The highest BCUT2D eigenvalue weighted by Gasteiger charge is 2.14. The first-order valence-corrected chi connectivity index (χ1v) is 7.17. The van der Waals surface area contributed by atoms with Crippen molar-refractivity contribution in [3.05, 3.63) is 41.0 Å². The fourth-order valence-corrected chi connectivity index (χ4v) is 2.47. The molecule has 0 unspecified atom stereocenters. The van der Waals surface area contributed by atoms with Crippen LogP contribution in [0.2, 0.25) is 5.15 Å². The Hall–Kier alpha value is -1.65. The van der Waals surface area contributed by atoms with Crippen LogP contribution >= 0.6 is 11.6 Å². The van der Waals surface area contributed by atoms with Crippen LogP contribution in [-0.4, -0.2) is 36.1 Å². The smallest absolute Gasteiger partial charge is 0.163 e. The van der Waals surface area contributed by atoms with Crippen LogP contribution in [0.1, 0.15) is 5.56 Å². The van der Waals surface area contributed by atoms with E-state index in [0.29, 0.717) is 11.0 Å². The molecule has 0 bridgehead atoms. The van der Waals surface area contributed by atoms with Crippen LogP contribution in [0.15, 0.2) is 30.3 Å². The van der Waals surface area contributed by atoms with E-state index in [1.807, 2.05) is 18.2 Å². The fourth-order valence-electron chi connectivity index (χ4n) is 2.29. The summed E-state index contributed by atoms with van der Waals surface area (Å²) in [7, 11) is 0. The summed E-state index contributed by atoms with van der Waals surface area (Å²) in [6.07, 6.45) is 0. The Bertz CT molecular complexity index is 591. The van der Waals surface area contributed by atoms with E-state index < -0.39 is 0 Å². The third-order valence-corrected chi connectivity index (χ3v) is 3.63. The van der Waals surface area contributed by atoms with Gasteiger partial charge in [-0.3, -0.25) is 0 Å². The molecule has 0 radical (unpaired) electrons. The number of hydrogen-bond donors (Lipinski definition) is 1. The SMILES string of the molecule is Cc1ccc(-c2nc(Cl)cc(N3CCNCC3)n2)cc1. The predicted octanol–water partition coefficient (Wildman–Crippen LogP) is 2.52. The summed E-state index contributed by atoms with van der Waals surface area (Å²) in [5, 5.41) is 3.82. The van der Waals surface area contributed by atoms with E-state index in [4.69, 9.17) is 11.6 Å². The van der Waals surface area contributed by atoms with Gasteiger partial charge in [-0.25, -0.2) is 9.97 Å². The van der Waals surface area contributed by atoms with Crippen molar-refractivity contribution in [2.75, 3.05) is 31.1 Å². The Labute approximate surface area is 123 Å². The lowest BCUT2D eigenvalue weighted by Crippen LogP contribution is -2.43. The number of aryl methyl sites for hydroxylation is 1. The minimum absolute atomic E-state index is 0.490. The van der Waals surface area contributed by atoms with E-state index in [1.165, 1.54) is 5.56 Å². The second-order valence-electron chi connectivity index (χ2n) is 4.98. The van der Waals surface area contributed by atoms with Crippen LogP contribution in [0.25, 0.3) is 11.4 Å². The number of hydrogen-bond acceptors (Lipinski definition) is 4. The van der Waals surface area contributed by atoms with E-state index in [0.717, 1.165) is 37.6 Å². The second kappa shape index (κ2) is 5.77. The Kier molecular flexibility index (Phi) is 3.85. The lowest BCUT2D eigenvalue weighted by Gasteiger charge is -2.28. The maximum Gasteiger partial charge on any atom is 0.163 e. The predicted molar refractivity (Wildman–Crippen MR) is 82.3 cm³/mol. The fraction of sp³-hybridized carbons (Fsp3) is 0.333. The molecule has 0 spiro atoms. The lowest BCUT2D eigenvalue weighted by atomic mass is 10.1. The minimum atomic E-state index is 0.490. The molecule has 0 aliphatic carbocycles. The highest BCUT2D eigenvalue weighted by Crippen LogP contribution is 2.23. The van der Waals surface area contributed by atoms with E-state index in [1.54, 1.807) is 0 Å². The van der Waals surface area contributed by atoms with E-state index in [-0.39, 0.29) is 0 Å². The van der Waals surface area contributed by atoms with Crippen molar-refractivity contribution in [1.29, 1.82) is 0 Å². The number of benzene rings is 1. The van der Waals surface area contributed by atoms with E-state index >= 15 is 0 Å². The van der Waals surface area contributed by atoms with Crippen molar-refractivity contribution in [1.82, 2.24) is 15.3 Å². The zero-order valence-corrected chi connectivity index (χ0v) is 12.2. The second-order valence-corrected chi connectivity index (χ2v) is 5.36. The number of rotatable bonds is 2. The first-order chi connectivity index (χ1) is 9.72. The zero-order chi connectivity index (χ0) is 13.9. The van der Waals surface area contributed by atoms with Crippen molar-refractivity contribution in [2.45, 2.75) is 6.92 Å². The van der Waals surface area contributed by atoms with Gasteiger partial charge in [0.15, 0.2) is 5.82 Å².